The summed E-state index contributed by atoms with van der Waals surface area (Å²) in [5.74, 6) is 1.31. The largest absolute Gasteiger partial charge is 0.497 e. The minimum atomic E-state index is 0.0515. The van der Waals surface area contributed by atoms with Crippen LogP contribution < -0.4 is 10.1 Å². The Morgan fingerprint density at radius 2 is 1.85 bits per heavy atom. The Kier molecular flexibility index (Phi) is 7.56. The van der Waals surface area contributed by atoms with Crippen molar-refractivity contribution >= 4 is 17.7 Å². The lowest BCUT2D eigenvalue weighted by atomic mass is 10.0. The fraction of sp³-hybridized carbons (Fsp3) is 0.381. The Labute approximate surface area is 165 Å². The summed E-state index contributed by atoms with van der Waals surface area (Å²) in [6.45, 7) is 3.77. The first-order valence-electron chi connectivity index (χ1n) is 9.16. The molecule has 1 unspecified atom stereocenters. The van der Waals surface area contributed by atoms with E-state index in [1.807, 2.05) is 42.5 Å². The van der Waals surface area contributed by atoms with Crippen LogP contribution in [-0.4, -0.2) is 56.5 Å². The molecule has 2 aromatic carbocycles. The molecule has 0 bridgehead atoms. The molecule has 1 saturated heterocycles. The van der Waals surface area contributed by atoms with E-state index in [9.17, 15) is 4.79 Å². The summed E-state index contributed by atoms with van der Waals surface area (Å²) in [5.41, 5.74) is 1.17. The van der Waals surface area contributed by atoms with Gasteiger partial charge in [-0.15, -0.1) is 11.8 Å². The van der Waals surface area contributed by atoms with E-state index in [0.29, 0.717) is 12.3 Å². The zero-order valence-electron chi connectivity index (χ0n) is 15.6. The molecule has 3 rings (SSSR count). The van der Waals surface area contributed by atoms with Gasteiger partial charge in [0.15, 0.2) is 0 Å². The van der Waals surface area contributed by atoms with Crippen molar-refractivity contribution in [3.05, 3.63) is 60.2 Å². The topological polar surface area (TPSA) is 50.8 Å². The van der Waals surface area contributed by atoms with Crippen molar-refractivity contribution in [3.8, 4) is 5.75 Å². The summed E-state index contributed by atoms with van der Waals surface area (Å²) >= 11 is 1.55. The third-order valence-corrected chi connectivity index (χ3v) is 5.60. The molecule has 0 saturated carbocycles. The van der Waals surface area contributed by atoms with Gasteiger partial charge in [-0.1, -0.05) is 30.3 Å². The van der Waals surface area contributed by atoms with E-state index in [2.05, 4.69) is 22.3 Å². The van der Waals surface area contributed by atoms with E-state index in [0.717, 1.165) is 36.9 Å². The molecule has 5 nitrogen and oxygen atoms in total. The summed E-state index contributed by atoms with van der Waals surface area (Å²) in [6.07, 6.45) is 0. The summed E-state index contributed by atoms with van der Waals surface area (Å²) in [4.78, 5) is 15.8. The molecule has 1 heterocycles. The lowest BCUT2D eigenvalue weighted by Gasteiger charge is -2.35. The fourth-order valence-electron chi connectivity index (χ4n) is 3.10. The highest BCUT2D eigenvalue weighted by Gasteiger charge is 2.23. The van der Waals surface area contributed by atoms with E-state index in [1.54, 1.807) is 18.9 Å². The van der Waals surface area contributed by atoms with Crippen LogP contribution in [0, 0.1) is 0 Å². The van der Waals surface area contributed by atoms with Crippen molar-refractivity contribution in [1.82, 2.24) is 10.2 Å². The number of hydrogen-bond donors (Lipinski definition) is 1. The van der Waals surface area contributed by atoms with Gasteiger partial charge in [0.1, 0.15) is 5.75 Å². The van der Waals surface area contributed by atoms with Crippen LogP contribution in [0.2, 0.25) is 0 Å². The molecule has 1 fully saturated rings. The second kappa shape index (κ2) is 10.3. The standard InChI is InChI=1S/C21H26N2O3S/c1-25-18-9-7-17(8-10-18)20(23-11-13-26-14-12-23)15-22-21(24)16-27-19-5-3-2-4-6-19/h2-10,20H,11-16H2,1H3,(H,22,24). The highest BCUT2D eigenvalue weighted by Crippen LogP contribution is 2.24. The Hall–Kier alpha value is -2.02. The van der Waals surface area contributed by atoms with Gasteiger partial charge in [0, 0.05) is 24.5 Å². The summed E-state index contributed by atoms with van der Waals surface area (Å²) in [7, 11) is 1.67. The van der Waals surface area contributed by atoms with Gasteiger partial charge in [0.25, 0.3) is 0 Å². The number of thioether (sulfide) groups is 1. The summed E-state index contributed by atoms with van der Waals surface area (Å²) in [5, 5.41) is 3.10. The lowest BCUT2D eigenvalue weighted by Crippen LogP contribution is -2.44. The number of amides is 1. The van der Waals surface area contributed by atoms with Crippen LogP contribution in [0.3, 0.4) is 0 Å². The number of methoxy groups -OCH3 is 1. The maximum Gasteiger partial charge on any atom is 0.230 e. The van der Waals surface area contributed by atoms with E-state index >= 15 is 0 Å². The normalized spacial score (nSPS) is 15.9. The lowest BCUT2D eigenvalue weighted by molar-refractivity contribution is -0.118. The van der Waals surface area contributed by atoms with Gasteiger partial charge in [0.2, 0.25) is 5.91 Å². The van der Waals surface area contributed by atoms with E-state index in [1.165, 1.54) is 5.56 Å². The molecule has 1 aliphatic rings. The molecule has 1 N–H and O–H groups in total. The second-order valence-electron chi connectivity index (χ2n) is 6.34. The Morgan fingerprint density at radius 3 is 2.52 bits per heavy atom. The van der Waals surface area contributed by atoms with Crippen LogP contribution in [0.4, 0.5) is 0 Å². The van der Waals surface area contributed by atoms with Crippen molar-refractivity contribution in [2.45, 2.75) is 10.9 Å². The van der Waals surface area contributed by atoms with Crippen LogP contribution in [0.1, 0.15) is 11.6 Å². The molecule has 2 aromatic rings. The molecule has 6 heteroatoms. The molecule has 1 amide bonds. The zero-order chi connectivity index (χ0) is 18.9. The molecular weight excluding hydrogens is 360 g/mol. The van der Waals surface area contributed by atoms with Gasteiger partial charge in [-0.05, 0) is 29.8 Å². The van der Waals surface area contributed by atoms with Crippen molar-refractivity contribution in [1.29, 1.82) is 0 Å². The molecule has 0 aromatic heterocycles. The average Bonchev–Trinajstić information content (AvgIpc) is 2.74. The van der Waals surface area contributed by atoms with Gasteiger partial charge < -0.3 is 14.8 Å². The van der Waals surface area contributed by atoms with Crippen molar-refractivity contribution in [2.75, 3.05) is 45.7 Å². The van der Waals surface area contributed by atoms with Crippen LogP contribution in [0.15, 0.2) is 59.5 Å². The highest BCUT2D eigenvalue weighted by molar-refractivity contribution is 8.00. The van der Waals surface area contributed by atoms with E-state index < -0.39 is 0 Å². The van der Waals surface area contributed by atoms with Crippen LogP contribution in [0.5, 0.6) is 5.75 Å². The maximum atomic E-state index is 12.3. The minimum Gasteiger partial charge on any atom is -0.497 e. The monoisotopic (exact) mass is 386 g/mol. The van der Waals surface area contributed by atoms with Gasteiger partial charge in [-0.3, -0.25) is 9.69 Å². The Balaban J connectivity index is 1.59. The first-order valence-corrected chi connectivity index (χ1v) is 10.1. The van der Waals surface area contributed by atoms with Gasteiger partial charge in [-0.2, -0.15) is 0 Å². The number of ether oxygens (including phenoxy) is 2. The number of benzene rings is 2. The highest BCUT2D eigenvalue weighted by atomic mass is 32.2. The Bertz CT molecular complexity index is 703. The quantitative estimate of drug-likeness (QED) is 0.707. The average molecular weight is 387 g/mol. The SMILES string of the molecule is COc1ccc(C(CNC(=O)CSc2ccccc2)N2CCOCC2)cc1. The fourth-order valence-corrected chi connectivity index (χ4v) is 3.85. The minimum absolute atomic E-state index is 0.0515. The van der Waals surface area contributed by atoms with Gasteiger partial charge in [0.05, 0.1) is 32.1 Å². The summed E-state index contributed by atoms with van der Waals surface area (Å²) in [6, 6.07) is 18.2. The molecule has 0 aliphatic carbocycles. The predicted octanol–water partition coefficient (Wildman–Crippen LogP) is 2.98. The number of carbonyl (C=O) groups excluding carboxylic acids is 1. The third kappa shape index (κ3) is 5.99. The van der Waals surface area contributed by atoms with Gasteiger partial charge in [-0.25, -0.2) is 0 Å². The van der Waals surface area contributed by atoms with Crippen LogP contribution >= 0.6 is 11.8 Å². The number of morpholine rings is 1. The molecule has 0 radical (unpaired) electrons. The number of nitrogens with one attached hydrogen (secondary N) is 1. The molecule has 144 valence electrons. The molecule has 27 heavy (non-hydrogen) atoms. The van der Waals surface area contributed by atoms with Crippen LogP contribution in [-0.2, 0) is 9.53 Å². The number of carbonyl (C=O) groups is 1. The zero-order valence-corrected chi connectivity index (χ0v) is 16.4. The number of hydrogen-bond acceptors (Lipinski definition) is 5. The van der Waals surface area contributed by atoms with E-state index in [-0.39, 0.29) is 11.9 Å². The Morgan fingerprint density at radius 1 is 1.15 bits per heavy atom. The second-order valence-corrected chi connectivity index (χ2v) is 7.39. The van der Waals surface area contributed by atoms with Crippen molar-refractivity contribution in [3.63, 3.8) is 0 Å². The van der Waals surface area contributed by atoms with E-state index in [4.69, 9.17) is 9.47 Å². The summed E-state index contributed by atoms with van der Waals surface area (Å²) < 4.78 is 10.7. The van der Waals surface area contributed by atoms with Crippen molar-refractivity contribution < 1.29 is 14.3 Å². The van der Waals surface area contributed by atoms with Crippen LogP contribution in [0.25, 0.3) is 0 Å². The molecular formula is C21H26N2O3S. The smallest absolute Gasteiger partial charge is 0.230 e. The van der Waals surface area contributed by atoms with Crippen molar-refractivity contribution in [2.24, 2.45) is 0 Å². The first kappa shape index (κ1) is 19.7. The predicted molar refractivity (Wildman–Crippen MR) is 108 cm³/mol. The maximum absolute atomic E-state index is 12.3. The van der Waals surface area contributed by atoms with Gasteiger partial charge >= 0.3 is 0 Å². The first-order chi connectivity index (χ1) is 13.3. The number of rotatable bonds is 8. The molecule has 0 spiro atoms. The molecule has 1 aliphatic heterocycles. The number of nitrogens with zero attached hydrogens (tertiary/aromatic N) is 1. The molecule has 1 atom stereocenters. The third-order valence-electron chi connectivity index (χ3n) is 4.59.